The van der Waals surface area contributed by atoms with Crippen LogP contribution in [0.1, 0.15) is 27.6 Å². The van der Waals surface area contributed by atoms with Gasteiger partial charge < -0.3 is 0 Å². The van der Waals surface area contributed by atoms with Crippen molar-refractivity contribution in [2.45, 2.75) is 24.1 Å². The first-order valence-electron chi connectivity index (χ1n) is 6.41. The molecule has 0 spiro atoms. The Morgan fingerprint density at radius 1 is 1.00 bits per heavy atom. The number of hydrogen-bond acceptors (Lipinski definition) is 2. The molecular formula is C16H16Cl2O2S. The zero-order chi connectivity index (χ0) is 15.8. The predicted molar refractivity (Wildman–Crippen MR) is 88.2 cm³/mol. The molecule has 2 aromatic rings. The average Bonchev–Trinajstić information content (AvgIpc) is 2.41. The summed E-state index contributed by atoms with van der Waals surface area (Å²) in [5.74, 6) is 0. The van der Waals surface area contributed by atoms with Crippen LogP contribution in [0, 0.1) is 13.8 Å². The van der Waals surface area contributed by atoms with Gasteiger partial charge in [-0.3, -0.25) is 0 Å². The van der Waals surface area contributed by atoms with Crippen molar-refractivity contribution >= 4 is 33.0 Å². The molecule has 2 rings (SSSR count). The predicted octanol–water partition coefficient (Wildman–Crippen LogP) is 4.69. The molecule has 1 unspecified atom stereocenters. The van der Waals surface area contributed by atoms with Crippen molar-refractivity contribution in [1.82, 2.24) is 0 Å². The lowest BCUT2D eigenvalue weighted by molar-refractivity contribution is 0.602. The molecule has 5 heteroatoms. The molecule has 0 aliphatic rings. The van der Waals surface area contributed by atoms with Gasteiger partial charge in [-0.25, -0.2) is 8.42 Å². The lowest BCUT2D eigenvalue weighted by Crippen LogP contribution is -2.00. The van der Waals surface area contributed by atoms with E-state index in [9.17, 15) is 8.42 Å². The summed E-state index contributed by atoms with van der Waals surface area (Å²) in [5, 5.41) is 0.377. The molecule has 0 heterocycles. The first-order chi connectivity index (χ1) is 9.70. The van der Waals surface area contributed by atoms with Gasteiger partial charge in [-0.15, -0.1) is 11.6 Å². The van der Waals surface area contributed by atoms with Gasteiger partial charge in [0.05, 0.1) is 10.3 Å². The van der Waals surface area contributed by atoms with Crippen LogP contribution in [-0.4, -0.2) is 14.7 Å². The first kappa shape index (κ1) is 16.3. The number of aryl methyl sites for hydroxylation is 2. The van der Waals surface area contributed by atoms with Gasteiger partial charge in [0.2, 0.25) is 0 Å². The largest absolute Gasteiger partial charge is 0.224 e. The number of benzene rings is 2. The van der Waals surface area contributed by atoms with Crippen LogP contribution in [0.25, 0.3) is 0 Å². The maximum atomic E-state index is 11.5. The zero-order valence-electron chi connectivity index (χ0n) is 12.0. The maximum Gasteiger partial charge on any atom is 0.175 e. The van der Waals surface area contributed by atoms with Crippen LogP contribution in [-0.2, 0) is 9.84 Å². The second kappa shape index (κ2) is 5.99. The van der Waals surface area contributed by atoms with E-state index in [1.165, 1.54) is 6.26 Å². The lowest BCUT2D eigenvalue weighted by Gasteiger charge is -2.15. The fourth-order valence-corrected chi connectivity index (χ4v) is 3.37. The minimum absolute atomic E-state index is 0.291. The van der Waals surface area contributed by atoms with Crippen LogP contribution in [0.3, 0.4) is 0 Å². The van der Waals surface area contributed by atoms with Crippen LogP contribution in [0.5, 0.6) is 0 Å². The van der Waals surface area contributed by atoms with Crippen molar-refractivity contribution in [3.8, 4) is 0 Å². The van der Waals surface area contributed by atoms with Crippen LogP contribution in [0.4, 0.5) is 0 Å². The minimum Gasteiger partial charge on any atom is -0.224 e. The molecule has 0 aliphatic carbocycles. The van der Waals surface area contributed by atoms with E-state index in [1.807, 2.05) is 26.0 Å². The van der Waals surface area contributed by atoms with Gasteiger partial charge in [-0.1, -0.05) is 29.8 Å². The Kier molecular flexibility index (Phi) is 4.66. The molecular weight excluding hydrogens is 327 g/mol. The van der Waals surface area contributed by atoms with Gasteiger partial charge in [-0.05, 0) is 54.3 Å². The molecule has 2 nitrogen and oxygen atoms in total. The molecule has 0 bridgehead atoms. The van der Waals surface area contributed by atoms with E-state index in [0.29, 0.717) is 9.92 Å². The molecule has 1 atom stereocenters. The molecule has 0 saturated carbocycles. The highest BCUT2D eigenvalue weighted by Gasteiger charge is 2.16. The van der Waals surface area contributed by atoms with E-state index < -0.39 is 9.84 Å². The van der Waals surface area contributed by atoms with Crippen LogP contribution >= 0.6 is 23.2 Å². The SMILES string of the molecule is Cc1cc(C(Cl)c2ccc(S(C)(=O)=O)cc2)c(C)cc1Cl. The van der Waals surface area contributed by atoms with Crippen molar-refractivity contribution in [3.05, 3.63) is 63.7 Å². The molecule has 0 fully saturated rings. The zero-order valence-corrected chi connectivity index (χ0v) is 14.4. The van der Waals surface area contributed by atoms with Crippen LogP contribution in [0.2, 0.25) is 5.02 Å². The van der Waals surface area contributed by atoms with Crippen molar-refractivity contribution in [3.63, 3.8) is 0 Å². The quantitative estimate of drug-likeness (QED) is 0.758. The summed E-state index contributed by atoms with van der Waals surface area (Å²) < 4.78 is 22.9. The minimum atomic E-state index is -3.19. The molecule has 0 radical (unpaired) electrons. The molecule has 112 valence electrons. The molecule has 0 amide bonds. The van der Waals surface area contributed by atoms with E-state index in [-0.39, 0.29) is 5.38 Å². The smallest absolute Gasteiger partial charge is 0.175 e. The van der Waals surface area contributed by atoms with E-state index in [2.05, 4.69) is 0 Å². The number of halogens is 2. The van der Waals surface area contributed by atoms with Crippen molar-refractivity contribution < 1.29 is 8.42 Å². The van der Waals surface area contributed by atoms with Gasteiger partial charge in [0.25, 0.3) is 0 Å². The first-order valence-corrected chi connectivity index (χ1v) is 9.11. The Balaban J connectivity index is 2.41. The summed E-state index contributed by atoms with van der Waals surface area (Å²) in [6.07, 6.45) is 1.19. The molecule has 21 heavy (non-hydrogen) atoms. The second-order valence-corrected chi connectivity index (χ2v) is 8.02. The summed E-state index contributed by atoms with van der Waals surface area (Å²) >= 11 is 12.6. The highest BCUT2D eigenvalue weighted by molar-refractivity contribution is 7.90. The van der Waals surface area contributed by atoms with Crippen molar-refractivity contribution in [2.75, 3.05) is 6.26 Å². The van der Waals surface area contributed by atoms with E-state index in [0.717, 1.165) is 22.3 Å². The summed E-state index contributed by atoms with van der Waals surface area (Å²) in [5.41, 5.74) is 3.81. The molecule has 0 saturated heterocycles. The third kappa shape index (κ3) is 3.60. The van der Waals surface area contributed by atoms with Crippen molar-refractivity contribution in [2.24, 2.45) is 0 Å². The number of sulfone groups is 1. The number of hydrogen-bond donors (Lipinski definition) is 0. The summed E-state index contributed by atoms with van der Waals surface area (Å²) in [6, 6.07) is 10.5. The molecule has 0 N–H and O–H groups in total. The third-order valence-corrected chi connectivity index (χ3v) is 5.44. The van der Waals surface area contributed by atoms with Gasteiger partial charge in [0.15, 0.2) is 9.84 Å². The molecule has 0 aromatic heterocycles. The summed E-state index contributed by atoms with van der Waals surface area (Å²) in [4.78, 5) is 0.291. The van der Waals surface area contributed by atoms with Gasteiger partial charge >= 0.3 is 0 Å². The fraction of sp³-hybridized carbons (Fsp3) is 0.250. The summed E-state index contributed by atoms with van der Waals surface area (Å²) in [6.45, 7) is 3.89. The standard InChI is InChI=1S/C16H16Cl2O2S/c1-10-9-15(17)11(2)8-14(10)16(18)12-4-6-13(7-5-12)21(3,19)20/h4-9,16H,1-3H3. The van der Waals surface area contributed by atoms with E-state index in [4.69, 9.17) is 23.2 Å². The number of rotatable bonds is 3. The maximum absolute atomic E-state index is 11.5. The van der Waals surface area contributed by atoms with Crippen LogP contribution in [0.15, 0.2) is 41.3 Å². The van der Waals surface area contributed by atoms with Crippen LogP contribution < -0.4 is 0 Å². The second-order valence-electron chi connectivity index (χ2n) is 5.16. The number of alkyl halides is 1. The van der Waals surface area contributed by atoms with Gasteiger partial charge in [-0.2, -0.15) is 0 Å². The normalized spacial score (nSPS) is 13.2. The Hall–Kier alpha value is -1.03. The Bertz CT molecular complexity index is 766. The Morgan fingerprint density at radius 3 is 2.10 bits per heavy atom. The lowest BCUT2D eigenvalue weighted by atomic mass is 9.98. The highest BCUT2D eigenvalue weighted by Crippen LogP contribution is 2.34. The average molecular weight is 343 g/mol. The third-order valence-electron chi connectivity index (χ3n) is 3.42. The molecule has 0 aliphatic heterocycles. The van der Waals surface area contributed by atoms with Gasteiger partial charge in [0, 0.05) is 11.3 Å². The van der Waals surface area contributed by atoms with Gasteiger partial charge in [0.1, 0.15) is 0 Å². The van der Waals surface area contributed by atoms with Crippen molar-refractivity contribution in [1.29, 1.82) is 0 Å². The molecule has 2 aromatic carbocycles. The summed E-state index contributed by atoms with van der Waals surface area (Å²) in [7, 11) is -3.19. The topological polar surface area (TPSA) is 34.1 Å². The Morgan fingerprint density at radius 2 is 1.57 bits per heavy atom. The van der Waals surface area contributed by atoms with E-state index >= 15 is 0 Å². The highest BCUT2D eigenvalue weighted by atomic mass is 35.5. The monoisotopic (exact) mass is 342 g/mol. The fourth-order valence-electron chi connectivity index (χ4n) is 2.14. The van der Waals surface area contributed by atoms with E-state index in [1.54, 1.807) is 24.3 Å². The Labute approximate surface area is 135 Å².